The fraction of sp³-hybridized carbons (Fsp3) is 0.143. The van der Waals surface area contributed by atoms with E-state index in [2.05, 4.69) is 0 Å². The first kappa shape index (κ1) is 12.8. The number of halogens is 3. The fourth-order valence-electron chi connectivity index (χ4n) is 1.57. The average Bonchev–Trinajstić information content (AvgIpc) is 2.30. The van der Waals surface area contributed by atoms with Crippen LogP contribution in [-0.4, -0.2) is 0 Å². The average molecular weight is 269 g/mol. The molecule has 94 valence electrons. The molecule has 4 heteroatoms. The molecule has 18 heavy (non-hydrogen) atoms. The molecule has 0 aliphatic rings. The van der Waals surface area contributed by atoms with Crippen molar-refractivity contribution in [1.82, 2.24) is 0 Å². The topological polar surface area (TPSA) is 9.23 Å². The predicted octanol–water partition coefficient (Wildman–Crippen LogP) is 4.51. The van der Waals surface area contributed by atoms with Crippen molar-refractivity contribution >= 4 is 11.6 Å². The highest BCUT2D eigenvalue weighted by atomic mass is 35.5. The monoisotopic (exact) mass is 268 g/mol. The molecule has 0 radical (unpaired) electrons. The Balaban J connectivity index is 2.11. The normalized spacial score (nSPS) is 10.4. The number of hydrogen-bond acceptors (Lipinski definition) is 1. The Morgan fingerprint density at radius 1 is 1.06 bits per heavy atom. The standard InChI is InChI=1S/C14H11ClF2O/c1-9-6-11(16)4-5-14(9)18-8-10-2-3-12(17)7-13(10)15/h2-7H,8H2,1H3. The highest BCUT2D eigenvalue weighted by Gasteiger charge is 2.05. The Labute approximate surface area is 109 Å². The molecule has 0 amide bonds. The van der Waals surface area contributed by atoms with Crippen molar-refractivity contribution in [1.29, 1.82) is 0 Å². The first-order valence-corrected chi connectivity index (χ1v) is 5.77. The summed E-state index contributed by atoms with van der Waals surface area (Å²) in [4.78, 5) is 0. The van der Waals surface area contributed by atoms with Crippen LogP contribution in [0.3, 0.4) is 0 Å². The Kier molecular flexibility index (Phi) is 3.82. The molecule has 0 bridgehead atoms. The third-order valence-corrected chi connectivity index (χ3v) is 2.89. The number of ether oxygens (including phenoxy) is 1. The Morgan fingerprint density at radius 3 is 2.39 bits per heavy atom. The van der Waals surface area contributed by atoms with E-state index >= 15 is 0 Å². The van der Waals surface area contributed by atoms with Gasteiger partial charge in [-0.15, -0.1) is 0 Å². The molecule has 0 unspecified atom stereocenters. The van der Waals surface area contributed by atoms with Gasteiger partial charge in [-0.05, 0) is 42.8 Å². The van der Waals surface area contributed by atoms with E-state index in [9.17, 15) is 8.78 Å². The third kappa shape index (κ3) is 2.99. The lowest BCUT2D eigenvalue weighted by molar-refractivity contribution is 0.303. The van der Waals surface area contributed by atoms with Gasteiger partial charge in [0.25, 0.3) is 0 Å². The summed E-state index contributed by atoms with van der Waals surface area (Å²) in [5.74, 6) is -0.113. The highest BCUT2D eigenvalue weighted by molar-refractivity contribution is 6.31. The molecule has 0 aliphatic heterocycles. The lowest BCUT2D eigenvalue weighted by atomic mass is 10.2. The maximum atomic E-state index is 12.9. The second kappa shape index (κ2) is 5.36. The zero-order valence-electron chi connectivity index (χ0n) is 9.71. The molecule has 2 rings (SSSR count). The maximum Gasteiger partial charge on any atom is 0.124 e. The van der Waals surface area contributed by atoms with Gasteiger partial charge in [0.15, 0.2) is 0 Å². The smallest absolute Gasteiger partial charge is 0.124 e. The summed E-state index contributed by atoms with van der Waals surface area (Å²) < 4.78 is 31.3. The Morgan fingerprint density at radius 2 is 1.72 bits per heavy atom. The van der Waals surface area contributed by atoms with Crippen molar-refractivity contribution in [2.24, 2.45) is 0 Å². The lowest BCUT2D eigenvalue weighted by Gasteiger charge is -2.10. The van der Waals surface area contributed by atoms with Gasteiger partial charge in [0.1, 0.15) is 24.0 Å². The summed E-state index contributed by atoms with van der Waals surface area (Å²) >= 11 is 5.88. The molecule has 1 nitrogen and oxygen atoms in total. The van der Waals surface area contributed by atoms with Gasteiger partial charge in [0.2, 0.25) is 0 Å². The van der Waals surface area contributed by atoms with Gasteiger partial charge in [0, 0.05) is 5.56 Å². The molecule has 0 aromatic heterocycles. The molecule has 0 heterocycles. The van der Waals surface area contributed by atoms with Gasteiger partial charge in [0.05, 0.1) is 5.02 Å². The van der Waals surface area contributed by atoms with Crippen molar-refractivity contribution in [2.75, 3.05) is 0 Å². The van der Waals surface area contributed by atoms with Crippen molar-refractivity contribution in [3.63, 3.8) is 0 Å². The maximum absolute atomic E-state index is 12.9. The van der Waals surface area contributed by atoms with E-state index in [4.69, 9.17) is 16.3 Å². The number of aryl methyl sites for hydroxylation is 1. The zero-order chi connectivity index (χ0) is 13.1. The molecule has 2 aromatic rings. The molecular weight excluding hydrogens is 258 g/mol. The van der Waals surface area contributed by atoms with Crippen LogP contribution >= 0.6 is 11.6 Å². The van der Waals surface area contributed by atoms with E-state index in [-0.39, 0.29) is 18.2 Å². The summed E-state index contributed by atoms with van der Waals surface area (Å²) in [5.41, 5.74) is 1.38. The largest absolute Gasteiger partial charge is 0.489 e. The van der Waals surface area contributed by atoms with Crippen LogP contribution < -0.4 is 4.74 Å². The van der Waals surface area contributed by atoms with Crippen molar-refractivity contribution in [3.05, 3.63) is 64.2 Å². The van der Waals surface area contributed by atoms with E-state index in [1.54, 1.807) is 19.1 Å². The van der Waals surface area contributed by atoms with Gasteiger partial charge in [-0.2, -0.15) is 0 Å². The molecule has 0 N–H and O–H groups in total. The molecule has 0 saturated heterocycles. The third-order valence-electron chi connectivity index (χ3n) is 2.54. The minimum atomic E-state index is -0.387. The molecule has 0 spiro atoms. The number of hydrogen-bond donors (Lipinski definition) is 0. The minimum Gasteiger partial charge on any atom is -0.489 e. The quantitative estimate of drug-likeness (QED) is 0.796. The molecule has 0 fully saturated rings. The van der Waals surface area contributed by atoms with E-state index in [0.29, 0.717) is 21.9 Å². The summed E-state index contributed by atoms with van der Waals surface area (Å²) in [7, 11) is 0. The summed E-state index contributed by atoms with van der Waals surface area (Å²) in [6, 6.07) is 8.40. The molecule has 2 aromatic carbocycles. The summed E-state index contributed by atoms with van der Waals surface area (Å²) in [5, 5.41) is 0.315. The highest BCUT2D eigenvalue weighted by Crippen LogP contribution is 2.22. The van der Waals surface area contributed by atoms with Crippen molar-refractivity contribution < 1.29 is 13.5 Å². The van der Waals surface area contributed by atoms with Crippen LogP contribution in [0.15, 0.2) is 36.4 Å². The van der Waals surface area contributed by atoms with Crippen LogP contribution in [0.2, 0.25) is 5.02 Å². The summed E-state index contributed by atoms with van der Waals surface area (Å²) in [6.07, 6.45) is 0. The SMILES string of the molecule is Cc1cc(F)ccc1OCc1ccc(F)cc1Cl. The molecule has 0 atom stereocenters. The molecular formula is C14H11ClF2O. The van der Waals surface area contributed by atoms with Crippen LogP contribution in [0.4, 0.5) is 8.78 Å². The van der Waals surface area contributed by atoms with Gasteiger partial charge >= 0.3 is 0 Å². The van der Waals surface area contributed by atoms with Crippen LogP contribution in [0.1, 0.15) is 11.1 Å². The van der Waals surface area contributed by atoms with Crippen LogP contribution in [0.25, 0.3) is 0 Å². The summed E-state index contributed by atoms with van der Waals surface area (Å²) in [6.45, 7) is 1.97. The number of rotatable bonds is 3. The Bertz CT molecular complexity index is 518. The first-order chi connectivity index (χ1) is 8.56. The van der Waals surface area contributed by atoms with E-state index < -0.39 is 0 Å². The lowest BCUT2D eigenvalue weighted by Crippen LogP contribution is -1.98. The first-order valence-electron chi connectivity index (χ1n) is 5.39. The predicted molar refractivity (Wildman–Crippen MR) is 66.9 cm³/mol. The second-order valence-corrected chi connectivity index (χ2v) is 4.34. The molecule has 0 aliphatic carbocycles. The van der Waals surface area contributed by atoms with Gasteiger partial charge in [-0.25, -0.2) is 8.78 Å². The van der Waals surface area contributed by atoms with E-state index in [0.717, 1.165) is 0 Å². The van der Waals surface area contributed by atoms with Crippen LogP contribution in [-0.2, 0) is 6.61 Å². The van der Waals surface area contributed by atoms with Crippen LogP contribution in [0.5, 0.6) is 5.75 Å². The Hall–Kier alpha value is -1.61. The zero-order valence-corrected chi connectivity index (χ0v) is 10.5. The van der Waals surface area contributed by atoms with Gasteiger partial charge in [-0.1, -0.05) is 17.7 Å². The minimum absolute atomic E-state index is 0.214. The van der Waals surface area contributed by atoms with Crippen LogP contribution in [0, 0.1) is 18.6 Å². The van der Waals surface area contributed by atoms with E-state index in [1.807, 2.05) is 0 Å². The van der Waals surface area contributed by atoms with Crippen molar-refractivity contribution in [2.45, 2.75) is 13.5 Å². The van der Waals surface area contributed by atoms with Crippen molar-refractivity contribution in [3.8, 4) is 5.75 Å². The molecule has 0 saturated carbocycles. The number of benzene rings is 2. The fourth-order valence-corrected chi connectivity index (χ4v) is 1.79. The van der Waals surface area contributed by atoms with E-state index in [1.165, 1.54) is 24.3 Å². The van der Waals surface area contributed by atoms with Gasteiger partial charge < -0.3 is 4.74 Å². The van der Waals surface area contributed by atoms with Gasteiger partial charge in [-0.3, -0.25) is 0 Å². The second-order valence-electron chi connectivity index (χ2n) is 3.93.